The molecule has 6 heteroatoms. The van der Waals surface area contributed by atoms with Crippen molar-refractivity contribution < 1.29 is 0 Å². The summed E-state index contributed by atoms with van der Waals surface area (Å²) < 4.78 is 0. The molecular weight excluding hydrogens is 312 g/mol. The maximum atomic E-state index is 4.53. The van der Waals surface area contributed by atoms with Crippen molar-refractivity contribution in [3.05, 3.63) is 78.0 Å². The summed E-state index contributed by atoms with van der Waals surface area (Å²) in [5, 5.41) is 11.3. The average Bonchev–Trinajstić information content (AvgIpc) is 3.13. The number of hydrogen-bond acceptors (Lipinski definition) is 5. The minimum atomic E-state index is -0.00286. The first kappa shape index (κ1) is 15.3. The fourth-order valence-corrected chi connectivity index (χ4v) is 2.82. The lowest BCUT2D eigenvalue weighted by molar-refractivity contribution is 0.742. The van der Waals surface area contributed by atoms with Gasteiger partial charge in [-0.1, -0.05) is 35.9 Å². The van der Waals surface area contributed by atoms with Crippen LogP contribution in [0.3, 0.4) is 0 Å². The molecule has 1 aromatic carbocycles. The number of rotatable bonds is 5. The maximum Gasteiger partial charge on any atom is 0.160 e. The summed E-state index contributed by atoms with van der Waals surface area (Å²) in [6.07, 6.45) is 5.89. The number of hydrogen-bond donors (Lipinski definition) is 2. The van der Waals surface area contributed by atoms with E-state index in [1.165, 1.54) is 17.5 Å². The first-order chi connectivity index (χ1) is 12.3. The number of aromatic amines is 1. The van der Waals surface area contributed by atoms with E-state index in [0.29, 0.717) is 5.65 Å². The summed E-state index contributed by atoms with van der Waals surface area (Å²) in [5.41, 5.74) is 4.18. The molecule has 4 rings (SSSR count). The number of aromatic nitrogens is 5. The van der Waals surface area contributed by atoms with E-state index in [0.717, 1.165) is 23.3 Å². The zero-order valence-corrected chi connectivity index (χ0v) is 13.8. The van der Waals surface area contributed by atoms with Crippen LogP contribution in [0.2, 0.25) is 0 Å². The van der Waals surface area contributed by atoms with Crippen molar-refractivity contribution in [2.75, 3.05) is 5.32 Å². The van der Waals surface area contributed by atoms with Gasteiger partial charge in [0.25, 0.3) is 0 Å². The second-order valence-electron chi connectivity index (χ2n) is 6.00. The predicted molar refractivity (Wildman–Crippen MR) is 97.2 cm³/mol. The SMILES string of the molecule is Cc1ccc(CC(Nc2ncnc3[nH]ncc23)c2ccccn2)cc1. The maximum absolute atomic E-state index is 4.53. The topological polar surface area (TPSA) is 79.4 Å². The first-order valence-corrected chi connectivity index (χ1v) is 8.17. The highest BCUT2D eigenvalue weighted by atomic mass is 15.2. The van der Waals surface area contributed by atoms with Crippen LogP contribution in [0, 0.1) is 6.92 Å². The molecule has 0 radical (unpaired) electrons. The van der Waals surface area contributed by atoms with Crippen LogP contribution in [0.1, 0.15) is 22.9 Å². The highest BCUT2D eigenvalue weighted by molar-refractivity contribution is 5.85. The molecule has 0 saturated carbocycles. The van der Waals surface area contributed by atoms with Gasteiger partial charge < -0.3 is 5.32 Å². The van der Waals surface area contributed by atoms with Crippen molar-refractivity contribution in [3.8, 4) is 0 Å². The van der Waals surface area contributed by atoms with E-state index in [1.54, 1.807) is 6.20 Å². The van der Waals surface area contributed by atoms with Crippen LogP contribution < -0.4 is 5.32 Å². The molecule has 0 spiro atoms. The van der Waals surface area contributed by atoms with Gasteiger partial charge in [-0.15, -0.1) is 0 Å². The van der Waals surface area contributed by atoms with Gasteiger partial charge in [0.15, 0.2) is 5.65 Å². The molecule has 0 aliphatic rings. The number of nitrogens with one attached hydrogen (secondary N) is 2. The molecule has 0 bridgehead atoms. The van der Waals surface area contributed by atoms with Crippen molar-refractivity contribution in [2.24, 2.45) is 0 Å². The Balaban J connectivity index is 1.68. The summed E-state index contributed by atoms with van der Waals surface area (Å²) in [4.78, 5) is 13.1. The van der Waals surface area contributed by atoms with Gasteiger partial charge in [0.05, 0.1) is 23.3 Å². The van der Waals surface area contributed by atoms with Crippen molar-refractivity contribution in [3.63, 3.8) is 0 Å². The van der Waals surface area contributed by atoms with E-state index in [1.807, 2.05) is 24.4 Å². The lowest BCUT2D eigenvalue weighted by Crippen LogP contribution is -2.16. The number of fused-ring (bicyclic) bond motifs is 1. The van der Waals surface area contributed by atoms with Crippen LogP contribution in [-0.4, -0.2) is 25.1 Å². The molecule has 2 N–H and O–H groups in total. The number of pyridine rings is 1. The molecule has 25 heavy (non-hydrogen) atoms. The Bertz CT molecular complexity index is 962. The summed E-state index contributed by atoms with van der Waals surface area (Å²) in [6, 6.07) is 14.5. The van der Waals surface area contributed by atoms with Gasteiger partial charge in [0.1, 0.15) is 12.1 Å². The molecule has 1 atom stereocenters. The van der Waals surface area contributed by atoms with Crippen LogP contribution in [0.25, 0.3) is 11.0 Å². The highest BCUT2D eigenvalue weighted by Gasteiger charge is 2.16. The molecule has 0 aliphatic carbocycles. The lowest BCUT2D eigenvalue weighted by Gasteiger charge is -2.19. The van der Waals surface area contributed by atoms with Crippen molar-refractivity contribution in [1.29, 1.82) is 0 Å². The Hall–Kier alpha value is -3.28. The Morgan fingerprint density at radius 2 is 1.92 bits per heavy atom. The Labute approximate surface area is 145 Å². The normalized spacial score (nSPS) is 12.2. The van der Waals surface area contributed by atoms with Crippen molar-refractivity contribution in [1.82, 2.24) is 25.1 Å². The zero-order chi connectivity index (χ0) is 17.1. The van der Waals surface area contributed by atoms with Crippen LogP contribution >= 0.6 is 0 Å². The van der Waals surface area contributed by atoms with Gasteiger partial charge >= 0.3 is 0 Å². The summed E-state index contributed by atoms with van der Waals surface area (Å²) in [5.74, 6) is 0.751. The molecule has 6 nitrogen and oxygen atoms in total. The quantitative estimate of drug-likeness (QED) is 0.586. The van der Waals surface area contributed by atoms with E-state index in [2.05, 4.69) is 61.7 Å². The summed E-state index contributed by atoms with van der Waals surface area (Å²) in [6.45, 7) is 2.09. The Kier molecular flexibility index (Phi) is 4.08. The van der Waals surface area contributed by atoms with Crippen molar-refractivity contribution >= 4 is 16.9 Å². The van der Waals surface area contributed by atoms with E-state index in [4.69, 9.17) is 0 Å². The number of H-pyrrole nitrogens is 1. The molecule has 0 amide bonds. The third kappa shape index (κ3) is 3.33. The highest BCUT2D eigenvalue weighted by Crippen LogP contribution is 2.25. The Morgan fingerprint density at radius 3 is 2.72 bits per heavy atom. The molecule has 3 heterocycles. The lowest BCUT2D eigenvalue weighted by atomic mass is 10.0. The number of nitrogens with zero attached hydrogens (tertiary/aromatic N) is 4. The van der Waals surface area contributed by atoms with Gasteiger partial charge in [0, 0.05) is 6.20 Å². The molecule has 0 fully saturated rings. The number of anilines is 1. The minimum absolute atomic E-state index is 0.00286. The van der Waals surface area contributed by atoms with E-state index >= 15 is 0 Å². The van der Waals surface area contributed by atoms with Crippen LogP contribution in [0.5, 0.6) is 0 Å². The number of benzene rings is 1. The van der Waals surface area contributed by atoms with Crippen LogP contribution in [-0.2, 0) is 6.42 Å². The molecule has 124 valence electrons. The standard InChI is InChI=1S/C19H18N6/c1-13-5-7-14(8-6-13)10-17(16-4-2-3-9-20-16)24-18-15-11-23-25-19(15)22-12-21-18/h2-9,11-12,17H,10H2,1H3,(H2,21,22,23,24,25). The first-order valence-electron chi connectivity index (χ1n) is 8.17. The summed E-state index contributed by atoms with van der Waals surface area (Å²) >= 11 is 0. The van der Waals surface area contributed by atoms with Gasteiger partial charge in [-0.25, -0.2) is 9.97 Å². The molecule has 0 aliphatic heterocycles. The molecular formula is C19H18N6. The van der Waals surface area contributed by atoms with Crippen LogP contribution in [0.15, 0.2) is 61.2 Å². The van der Waals surface area contributed by atoms with Gasteiger partial charge in [0.2, 0.25) is 0 Å². The van der Waals surface area contributed by atoms with Crippen LogP contribution in [0.4, 0.5) is 5.82 Å². The molecule has 1 unspecified atom stereocenters. The minimum Gasteiger partial charge on any atom is -0.361 e. The second-order valence-corrected chi connectivity index (χ2v) is 6.00. The van der Waals surface area contributed by atoms with Gasteiger partial charge in [-0.2, -0.15) is 5.10 Å². The monoisotopic (exact) mass is 330 g/mol. The molecule has 0 saturated heterocycles. The largest absolute Gasteiger partial charge is 0.361 e. The predicted octanol–water partition coefficient (Wildman–Crippen LogP) is 3.45. The zero-order valence-electron chi connectivity index (χ0n) is 13.8. The average molecular weight is 330 g/mol. The number of aryl methyl sites for hydroxylation is 1. The van der Waals surface area contributed by atoms with Gasteiger partial charge in [-0.3, -0.25) is 10.1 Å². The van der Waals surface area contributed by atoms with E-state index in [-0.39, 0.29) is 6.04 Å². The smallest absolute Gasteiger partial charge is 0.160 e. The third-order valence-corrected chi connectivity index (χ3v) is 4.16. The van der Waals surface area contributed by atoms with E-state index in [9.17, 15) is 0 Å². The molecule has 4 aromatic rings. The summed E-state index contributed by atoms with van der Waals surface area (Å²) in [7, 11) is 0. The fourth-order valence-electron chi connectivity index (χ4n) is 2.82. The fraction of sp³-hybridized carbons (Fsp3) is 0.158. The third-order valence-electron chi connectivity index (χ3n) is 4.16. The molecule has 3 aromatic heterocycles. The van der Waals surface area contributed by atoms with E-state index < -0.39 is 0 Å². The second kappa shape index (κ2) is 6.68. The van der Waals surface area contributed by atoms with Crippen molar-refractivity contribution in [2.45, 2.75) is 19.4 Å². The Morgan fingerprint density at radius 1 is 1.04 bits per heavy atom. The van der Waals surface area contributed by atoms with Gasteiger partial charge in [-0.05, 0) is 31.0 Å².